The van der Waals surface area contributed by atoms with E-state index in [4.69, 9.17) is 0 Å². The van der Waals surface area contributed by atoms with Crippen LogP contribution in [0.5, 0.6) is 0 Å². The molecule has 2 aromatic rings. The van der Waals surface area contributed by atoms with Crippen LogP contribution >= 0.6 is 0 Å². The van der Waals surface area contributed by atoms with Crippen molar-refractivity contribution in [3.05, 3.63) is 46.0 Å². The van der Waals surface area contributed by atoms with Crippen molar-refractivity contribution in [3.63, 3.8) is 0 Å². The van der Waals surface area contributed by atoms with Gasteiger partial charge in [0.15, 0.2) is 5.43 Å². The Morgan fingerprint density at radius 3 is 2.88 bits per heavy atom. The Morgan fingerprint density at radius 2 is 2.19 bits per heavy atom. The zero-order chi connectivity index (χ0) is 11.7. The Hall–Kier alpha value is -2.17. The molecule has 1 N–H and O–H groups in total. The fraction of sp³-hybridized carbons (Fsp3) is 0.0909. The molecule has 1 aromatic carbocycles. The molecule has 0 saturated carbocycles. The van der Waals surface area contributed by atoms with Gasteiger partial charge in [0, 0.05) is 17.6 Å². The zero-order valence-electron chi connectivity index (χ0n) is 8.41. The SMILES string of the molecule is COC(=O)c1cc2c(=O)cc[nH]c2cc1F. The minimum atomic E-state index is -0.803. The average Bonchev–Trinajstić information content (AvgIpc) is 2.28. The summed E-state index contributed by atoms with van der Waals surface area (Å²) < 4.78 is 17.9. The van der Waals surface area contributed by atoms with Crippen LogP contribution in [0.25, 0.3) is 10.9 Å². The van der Waals surface area contributed by atoms with E-state index in [9.17, 15) is 14.0 Å². The molecule has 0 saturated heterocycles. The van der Waals surface area contributed by atoms with Crippen LogP contribution in [0.3, 0.4) is 0 Å². The van der Waals surface area contributed by atoms with Gasteiger partial charge in [-0.3, -0.25) is 4.79 Å². The monoisotopic (exact) mass is 221 g/mol. The molecule has 0 bridgehead atoms. The number of nitrogens with one attached hydrogen (secondary N) is 1. The number of halogens is 1. The van der Waals surface area contributed by atoms with Gasteiger partial charge in [-0.05, 0) is 12.1 Å². The molecular weight excluding hydrogens is 213 g/mol. The van der Waals surface area contributed by atoms with E-state index in [1.165, 1.54) is 18.3 Å². The van der Waals surface area contributed by atoms with E-state index in [0.717, 1.165) is 13.2 Å². The van der Waals surface area contributed by atoms with Gasteiger partial charge in [0.05, 0.1) is 18.2 Å². The predicted molar refractivity (Wildman–Crippen MR) is 55.9 cm³/mol. The molecule has 2 rings (SSSR count). The normalized spacial score (nSPS) is 10.4. The topological polar surface area (TPSA) is 59.2 Å². The number of rotatable bonds is 1. The van der Waals surface area contributed by atoms with E-state index >= 15 is 0 Å². The summed E-state index contributed by atoms with van der Waals surface area (Å²) in [5, 5.41) is 0.254. The summed E-state index contributed by atoms with van der Waals surface area (Å²) in [7, 11) is 1.15. The molecule has 0 atom stereocenters. The number of benzene rings is 1. The number of H-pyrrole nitrogens is 1. The molecule has 5 heteroatoms. The Morgan fingerprint density at radius 1 is 1.44 bits per heavy atom. The molecule has 0 fully saturated rings. The summed E-state index contributed by atoms with van der Waals surface area (Å²) >= 11 is 0. The first-order valence-corrected chi connectivity index (χ1v) is 4.52. The number of ether oxygens (including phenoxy) is 1. The molecule has 0 unspecified atom stereocenters. The maximum Gasteiger partial charge on any atom is 0.340 e. The van der Waals surface area contributed by atoms with Gasteiger partial charge in [-0.2, -0.15) is 0 Å². The third-order valence-electron chi connectivity index (χ3n) is 2.25. The van der Waals surface area contributed by atoms with Gasteiger partial charge in [0.25, 0.3) is 0 Å². The van der Waals surface area contributed by atoms with E-state index in [1.54, 1.807) is 0 Å². The minimum Gasteiger partial charge on any atom is -0.465 e. The molecule has 0 aliphatic carbocycles. The van der Waals surface area contributed by atoms with Gasteiger partial charge in [-0.15, -0.1) is 0 Å². The van der Waals surface area contributed by atoms with Crippen LogP contribution in [-0.4, -0.2) is 18.1 Å². The van der Waals surface area contributed by atoms with E-state index in [0.29, 0.717) is 5.52 Å². The van der Waals surface area contributed by atoms with Crippen molar-refractivity contribution in [2.75, 3.05) is 7.11 Å². The molecule has 1 heterocycles. The smallest absolute Gasteiger partial charge is 0.340 e. The van der Waals surface area contributed by atoms with E-state index in [-0.39, 0.29) is 16.4 Å². The summed E-state index contributed by atoms with van der Waals surface area (Å²) in [6.45, 7) is 0. The highest BCUT2D eigenvalue weighted by atomic mass is 19.1. The van der Waals surface area contributed by atoms with Gasteiger partial charge < -0.3 is 9.72 Å². The first-order chi connectivity index (χ1) is 7.63. The number of carbonyl (C=O) groups excluding carboxylic acids is 1. The van der Waals surface area contributed by atoms with Gasteiger partial charge >= 0.3 is 5.97 Å². The van der Waals surface area contributed by atoms with E-state index < -0.39 is 11.8 Å². The molecule has 16 heavy (non-hydrogen) atoms. The molecule has 82 valence electrons. The molecular formula is C11H8FNO3. The number of methoxy groups -OCH3 is 1. The van der Waals surface area contributed by atoms with Crippen molar-refractivity contribution in [3.8, 4) is 0 Å². The summed E-state index contributed by atoms with van der Waals surface area (Å²) in [6.07, 6.45) is 1.42. The van der Waals surface area contributed by atoms with Crippen LogP contribution < -0.4 is 5.43 Å². The Bertz CT molecular complexity index is 618. The fourth-order valence-corrected chi connectivity index (χ4v) is 1.46. The fourth-order valence-electron chi connectivity index (χ4n) is 1.46. The maximum absolute atomic E-state index is 13.5. The number of aromatic nitrogens is 1. The molecule has 4 nitrogen and oxygen atoms in total. The zero-order valence-corrected chi connectivity index (χ0v) is 8.41. The largest absolute Gasteiger partial charge is 0.465 e. The first kappa shape index (κ1) is 10.4. The van der Waals surface area contributed by atoms with Crippen LogP contribution in [0, 0.1) is 5.82 Å². The molecule has 0 spiro atoms. The van der Waals surface area contributed by atoms with Crippen LogP contribution in [0.15, 0.2) is 29.2 Å². The number of hydrogen-bond acceptors (Lipinski definition) is 3. The molecule has 0 amide bonds. The van der Waals surface area contributed by atoms with Gasteiger partial charge in [-0.25, -0.2) is 9.18 Å². The van der Waals surface area contributed by atoms with Crippen LogP contribution in [0.4, 0.5) is 4.39 Å². The van der Waals surface area contributed by atoms with Crippen LogP contribution in [-0.2, 0) is 4.74 Å². The minimum absolute atomic E-state index is 0.244. The van der Waals surface area contributed by atoms with Gasteiger partial charge in [0.2, 0.25) is 0 Å². The summed E-state index contributed by atoms with van der Waals surface area (Å²) in [6, 6.07) is 3.60. The second-order valence-corrected chi connectivity index (χ2v) is 3.21. The number of pyridine rings is 1. The highest BCUT2D eigenvalue weighted by Crippen LogP contribution is 2.15. The second kappa shape index (κ2) is 3.77. The van der Waals surface area contributed by atoms with Crippen molar-refractivity contribution in [1.82, 2.24) is 4.98 Å². The van der Waals surface area contributed by atoms with Crippen molar-refractivity contribution in [2.24, 2.45) is 0 Å². The third kappa shape index (κ3) is 1.56. The summed E-state index contributed by atoms with van der Waals surface area (Å²) in [5.41, 5.74) is -0.178. The number of hydrogen-bond donors (Lipinski definition) is 1. The van der Waals surface area contributed by atoms with Crippen LogP contribution in [0.1, 0.15) is 10.4 Å². The van der Waals surface area contributed by atoms with Gasteiger partial charge in [0.1, 0.15) is 5.82 Å². The number of aromatic amines is 1. The number of fused-ring (bicyclic) bond motifs is 1. The van der Waals surface area contributed by atoms with Gasteiger partial charge in [-0.1, -0.05) is 0 Å². The summed E-state index contributed by atoms with van der Waals surface area (Å²) in [5.74, 6) is -1.52. The lowest BCUT2D eigenvalue weighted by Gasteiger charge is -2.03. The standard InChI is InChI=1S/C11H8FNO3/c1-16-11(15)6-4-7-9(5-8(6)12)13-3-2-10(7)14/h2-5H,1H3,(H,13,14). The quantitative estimate of drug-likeness (QED) is 0.741. The van der Waals surface area contributed by atoms with E-state index in [2.05, 4.69) is 9.72 Å². The molecule has 0 aliphatic rings. The lowest BCUT2D eigenvalue weighted by atomic mass is 10.1. The lowest BCUT2D eigenvalue weighted by Crippen LogP contribution is -2.08. The highest BCUT2D eigenvalue weighted by Gasteiger charge is 2.14. The number of carbonyl (C=O) groups is 1. The molecule has 1 aromatic heterocycles. The van der Waals surface area contributed by atoms with Crippen molar-refractivity contribution >= 4 is 16.9 Å². The highest BCUT2D eigenvalue weighted by molar-refractivity contribution is 5.94. The maximum atomic E-state index is 13.5. The molecule has 0 radical (unpaired) electrons. The third-order valence-corrected chi connectivity index (χ3v) is 2.25. The van der Waals surface area contributed by atoms with Crippen molar-refractivity contribution in [2.45, 2.75) is 0 Å². The Balaban J connectivity index is 2.79. The van der Waals surface area contributed by atoms with Crippen molar-refractivity contribution in [1.29, 1.82) is 0 Å². The summed E-state index contributed by atoms with van der Waals surface area (Å²) in [4.78, 5) is 25.4. The number of esters is 1. The van der Waals surface area contributed by atoms with Crippen molar-refractivity contribution < 1.29 is 13.9 Å². The van der Waals surface area contributed by atoms with E-state index in [1.807, 2.05) is 0 Å². The second-order valence-electron chi connectivity index (χ2n) is 3.21. The Labute approximate surface area is 89.7 Å². The lowest BCUT2D eigenvalue weighted by molar-refractivity contribution is 0.0596. The average molecular weight is 221 g/mol. The first-order valence-electron chi connectivity index (χ1n) is 4.52. The Kier molecular flexibility index (Phi) is 2.44. The predicted octanol–water partition coefficient (Wildman–Crippen LogP) is 1.45. The molecule has 0 aliphatic heterocycles. The van der Waals surface area contributed by atoms with Crippen LogP contribution in [0.2, 0.25) is 0 Å².